The Balaban J connectivity index is 1.74. The van der Waals surface area contributed by atoms with Crippen LogP contribution < -0.4 is 15.0 Å². The second-order valence-electron chi connectivity index (χ2n) is 6.37. The lowest BCUT2D eigenvalue weighted by molar-refractivity contribution is -0.120. The van der Waals surface area contributed by atoms with E-state index in [4.69, 9.17) is 16.3 Å². The molecule has 7 heteroatoms. The molecule has 3 aromatic carbocycles. The third kappa shape index (κ3) is 3.92. The molecule has 0 saturated carbocycles. The number of carbonyl (C=O) groups excluding carboxylic acids is 2. The van der Waals surface area contributed by atoms with Crippen molar-refractivity contribution in [3.8, 4) is 5.75 Å². The Labute approximate surface area is 183 Å². The van der Waals surface area contributed by atoms with E-state index in [0.717, 1.165) is 9.80 Å². The number of thioether (sulfide) groups is 1. The fourth-order valence-corrected chi connectivity index (χ4v) is 4.16. The molecule has 4 rings (SSSR count). The second kappa shape index (κ2) is 8.65. The quantitative estimate of drug-likeness (QED) is 0.529. The van der Waals surface area contributed by atoms with Gasteiger partial charge in [-0.25, -0.2) is 4.90 Å². The topological polar surface area (TPSA) is 58.6 Å². The van der Waals surface area contributed by atoms with Gasteiger partial charge < -0.3 is 10.1 Å². The van der Waals surface area contributed by atoms with Crippen molar-refractivity contribution in [2.45, 2.75) is 4.90 Å². The Morgan fingerprint density at radius 2 is 1.53 bits per heavy atom. The summed E-state index contributed by atoms with van der Waals surface area (Å²) in [6.07, 6.45) is 0. The van der Waals surface area contributed by atoms with Gasteiger partial charge in [-0.1, -0.05) is 53.7 Å². The van der Waals surface area contributed by atoms with Gasteiger partial charge in [0.2, 0.25) is 0 Å². The predicted octanol–water partition coefficient (Wildman–Crippen LogP) is 5.34. The molecule has 30 heavy (non-hydrogen) atoms. The summed E-state index contributed by atoms with van der Waals surface area (Å²) < 4.78 is 5.18. The molecule has 0 saturated heterocycles. The number of nitrogens with one attached hydrogen (secondary N) is 1. The molecule has 2 amide bonds. The van der Waals surface area contributed by atoms with Gasteiger partial charge in [-0.15, -0.1) is 0 Å². The molecule has 1 N–H and O–H groups in total. The second-order valence-corrected chi connectivity index (χ2v) is 7.86. The van der Waals surface area contributed by atoms with Gasteiger partial charge in [0.1, 0.15) is 16.4 Å². The van der Waals surface area contributed by atoms with Crippen LogP contribution in [-0.4, -0.2) is 18.9 Å². The van der Waals surface area contributed by atoms with Gasteiger partial charge in [0, 0.05) is 10.6 Å². The lowest BCUT2D eigenvalue weighted by Gasteiger charge is -2.16. The highest BCUT2D eigenvalue weighted by Crippen LogP contribution is 2.39. The highest BCUT2D eigenvalue weighted by atomic mass is 35.5. The Bertz CT molecular complexity index is 1130. The van der Waals surface area contributed by atoms with Crippen LogP contribution in [0.4, 0.5) is 11.4 Å². The van der Waals surface area contributed by atoms with Crippen LogP contribution in [0.2, 0.25) is 5.02 Å². The highest BCUT2D eigenvalue weighted by Gasteiger charge is 2.41. The zero-order valence-corrected chi connectivity index (χ0v) is 17.5. The van der Waals surface area contributed by atoms with Crippen LogP contribution in [-0.2, 0) is 9.59 Å². The van der Waals surface area contributed by atoms with E-state index in [9.17, 15) is 9.59 Å². The van der Waals surface area contributed by atoms with E-state index in [1.807, 2.05) is 30.3 Å². The molecule has 0 spiro atoms. The molecule has 1 aliphatic rings. The minimum atomic E-state index is -0.456. The maximum absolute atomic E-state index is 13.3. The number of methoxy groups -OCH3 is 1. The summed E-state index contributed by atoms with van der Waals surface area (Å²) in [5, 5.41) is 3.44. The Kier molecular flexibility index (Phi) is 5.79. The van der Waals surface area contributed by atoms with Crippen LogP contribution in [0.1, 0.15) is 0 Å². The number of benzene rings is 3. The van der Waals surface area contributed by atoms with Crippen LogP contribution >= 0.6 is 23.4 Å². The average Bonchev–Trinajstić information content (AvgIpc) is 2.99. The molecular formula is C23H17ClN2O3S. The van der Waals surface area contributed by atoms with Crippen molar-refractivity contribution >= 4 is 46.6 Å². The lowest BCUT2D eigenvalue weighted by atomic mass is 10.2. The zero-order chi connectivity index (χ0) is 21.1. The van der Waals surface area contributed by atoms with E-state index in [1.54, 1.807) is 55.6 Å². The van der Waals surface area contributed by atoms with Crippen LogP contribution in [0.25, 0.3) is 0 Å². The van der Waals surface area contributed by atoms with Gasteiger partial charge in [0.05, 0.1) is 17.8 Å². The third-order valence-corrected chi connectivity index (χ3v) is 5.87. The number of halogens is 1. The highest BCUT2D eigenvalue weighted by molar-refractivity contribution is 8.04. The van der Waals surface area contributed by atoms with Crippen LogP contribution in [0.3, 0.4) is 0 Å². The van der Waals surface area contributed by atoms with E-state index in [0.29, 0.717) is 27.1 Å². The average molecular weight is 437 g/mol. The third-order valence-electron chi connectivity index (χ3n) is 4.46. The minimum Gasteiger partial charge on any atom is -0.497 e. The van der Waals surface area contributed by atoms with E-state index >= 15 is 0 Å². The molecule has 0 bridgehead atoms. The number of anilines is 2. The summed E-state index contributed by atoms with van der Waals surface area (Å²) >= 11 is 7.52. The van der Waals surface area contributed by atoms with Crippen molar-refractivity contribution in [2.24, 2.45) is 0 Å². The standard InChI is InChI=1S/C23H17ClN2O3S/c1-29-16-13-11-15(12-14-16)25-20-21(30-17-7-3-2-4-8-17)23(28)26(22(20)27)19-10-6-5-9-18(19)24/h2-14,25H,1H3. The van der Waals surface area contributed by atoms with Crippen molar-refractivity contribution in [1.29, 1.82) is 0 Å². The van der Waals surface area contributed by atoms with Crippen molar-refractivity contribution in [2.75, 3.05) is 17.3 Å². The van der Waals surface area contributed by atoms with Gasteiger partial charge in [0.25, 0.3) is 11.8 Å². The van der Waals surface area contributed by atoms with E-state index in [2.05, 4.69) is 5.32 Å². The molecule has 0 radical (unpaired) electrons. The van der Waals surface area contributed by atoms with Crippen LogP contribution in [0.15, 0.2) is 94.4 Å². The first kappa shape index (κ1) is 20.1. The number of hydrogen-bond donors (Lipinski definition) is 1. The molecule has 0 aromatic heterocycles. The molecule has 5 nitrogen and oxygen atoms in total. The van der Waals surface area contributed by atoms with Gasteiger partial charge in [-0.3, -0.25) is 9.59 Å². The first-order chi connectivity index (χ1) is 14.6. The summed E-state index contributed by atoms with van der Waals surface area (Å²) in [7, 11) is 1.58. The Morgan fingerprint density at radius 3 is 2.20 bits per heavy atom. The minimum absolute atomic E-state index is 0.207. The van der Waals surface area contributed by atoms with Crippen LogP contribution in [0, 0.1) is 0 Å². The lowest BCUT2D eigenvalue weighted by Crippen LogP contribution is -2.32. The molecule has 150 valence electrons. The predicted molar refractivity (Wildman–Crippen MR) is 120 cm³/mol. The molecule has 3 aromatic rings. The first-order valence-corrected chi connectivity index (χ1v) is 10.3. The number of imide groups is 1. The normalized spacial score (nSPS) is 13.7. The van der Waals surface area contributed by atoms with Crippen molar-refractivity contribution in [1.82, 2.24) is 0 Å². The smallest absolute Gasteiger partial charge is 0.283 e. The zero-order valence-electron chi connectivity index (χ0n) is 16.0. The fraction of sp³-hybridized carbons (Fsp3) is 0.0435. The van der Waals surface area contributed by atoms with Crippen molar-refractivity contribution in [3.63, 3.8) is 0 Å². The molecule has 1 heterocycles. The van der Waals surface area contributed by atoms with Crippen LogP contribution in [0.5, 0.6) is 5.75 Å². The summed E-state index contributed by atoms with van der Waals surface area (Å²) in [4.78, 5) is 28.8. The monoisotopic (exact) mass is 436 g/mol. The maximum atomic E-state index is 13.3. The number of amides is 2. The first-order valence-electron chi connectivity index (χ1n) is 9.10. The SMILES string of the molecule is COc1ccc(NC2=C(Sc3ccccc3)C(=O)N(c3ccccc3Cl)C2=O)cc1. The van der Waals surface area contributed by atoms with Gasteiger partial charge in [-0.05, 0) is 48.5 Å². The van der Waals surface area contributed by atoms with Gasteiger partial charge >= 0.3 is 0 Å². The number of hydrogen-bond acceptors (Lipinski definition) is 5. The number of para-hydroxylation sites is 1. The van der Waals surface area contributed by atoms with Gasteiger partial charge in [-0.2, -0.15) is 0 Å². The molecule has 0 fully saturated rings. The summed E-state index contributed by atoms with van der Waals surface area (Å²) in [6, 6.07) is 23.3. The number of carbonyl (C=O) groups is 2. The molecule has 0 atom stereocenters. The van der Waals surface area contributed by atoms with E-state index < -0.39 is 11.8 Å². The molecular weight excluding hydrogens is 420 g/mol. The summed E-state index contributed by atoms with van der Waals surface area (Å²) in [5.41, 5.74) is 1.23. The molecule has 0 unspecified atom stereocenters. The Morgan fingerprint density at radius 1 is 0.867 bits per heavy atom. The fourth-order valence-electron chi connectivity index (χ4n) is 2.99. The van der Waals surface area contributed by atoms with Gasteiger partial charge in [0.15, 0.2) is 0 Å². The van der Waals surface area contributed by atoms with E-state index in [-0.39, 0.29) is 5.70 Å². The maximum Gasteiger partial charge on any atom is 0.283 e. The molecule has 0 aliphatic carbocycles. The summed E-state index contributed by atoms with van der Waals surface area (Å²) in [5.74, 6) is -0.180. The largest absolute Gasteiger partial charge is 0.497 e. The van der Waals surface area contributed by atoms with Crippen molar-refractivity contribution < 1.29 is 14.3 Å². The summed E-state index contributed by atoms with van der Waals surface area (Å²) in [6.45, 7) is 0. The number of nitrogens with zero attached hydrogens (tertiary/aromatic N) is 1. The van der Waals surface area contributed by atoms with E-state index in [1.165, 1.54) is 11.8 Å². The van der Waals surface area contributed by atoms with Crippen molar-refractivity contribution in [3.05, 3.63) is 94.5 Å². The Hall–Kier alpha value is -3.22. The molecule has 1 aliphatic heterocycles. The number of rotatable bonds is 6. The number of ether oxygens (including phenoxy) is 1.